The van der Waals surface area contributed by atoms with E-state index < -0.39 is 0 Å². The van der Waals surface area contributed by atoms with Crippen LogP contribution in [0.4, 0.5) is 5.69 Å². The van der Waals surface area contributed by atoms with Crippen LogP contribution in [0.15, 0.2) is 18.2 Å². The van der Waals surface area contributed by atoms with E-state index >= 15 is 0 Å². The molecule has 0 spiro atoms. The monoisotopic (exact) mass is 313 g/mol. The molecule has 5 nitrogen and oxygen atoms in total. The van der Waals surface area contributed by atoms with Gasteiger partial charge in [-0.25, -0.2) is 0 Å². The zero-order valence-electron chi connectivity index (χ0n) is 11.0. The van der Waals surface area contributed by atoms with E-state index in [0.29, 0.717) is 45.3 Å². The summed E-state index contributed by atoms with van der Waals surface area (Å²) in [6, 6.07) is 4.93. The fraction of sp³-hybridized carbons (Fsp3) is 0.231. The predicted molar refractivity (Wildman–Crippen MR) is 78.8 cm³/mol. The number of benzene rings is 1. The summed E-state index contributed by atoms with van der Waals surface area (Å²) in [6.07, 6.45) is 0.332. The Morgan fingerprint density at radius 3 is 2.15 bits per heavy atom. The number of methoxy groups -OCH3 is 2. The third kappa shape index (κ3) is 3.05. The number of hydrogen-bond donors (Lipinski definition) is 1. The Labute approximate surface area is 126 Å². The molecule has 0 saturated heterocycles. The number of anilines is 1. The van der Waals surface area contributed by atoms with E-state index in [-0.39, 0.29) is 0 Å². The topological polar surface area (TPSA) is 70.3 Å². The largest absolute Gasteiger partial charge is 0.481 e. The van der Waals surface area contributed by atoms with Gasteiger partial charge in [0.2, 0.25) is 11.8 Å². The van der Waals surface area contributed by atoms with Gasteiger partial charge < -0.3 is 15.2 Å². The highest BCUT2D eigenvalue weighted by molar-refractivity contribution is 6.35. The van der Waals surface area contributed by atoms with Crippen molar-refractivity contribution in [2.75, 3.05) is 20.0 Å². The van der Waals surface area contributed by atoms with Crippen molar-refractivity contribution >= 4 is 28.9 Å². The molecule has 0 saturated carbocycles. The third-order valence-corrected chi connectivity index (χ3v) is 3.41. The lowest BCUT2D eigenvalue weighted by Gasteiger charge is -2.10. The van der Waals surface area contributed by atoms with E-state index in [1.807, 2.05) is 0 Å². The highest BCUT2D eigenvalue weighted by Gasteiger charge is 2.13. The summed E-state index contributed by atoms with van der Waals surface area (Å²) in [7, 11) is 3.04. The highest BCUT2D eigenvalue weighted by atomic mass is 35.5. The van der Waals surface area contributed by atoms with Crippen LogP contribution < -0.4 is 15.2 Å². The number of nitrogens with zero attached hydrogens (tertiary/aromatic N) is 2. The van der Waals surface area contributed by atoms with Crippen molar-refractivity contribution in [3.63, 3.8) is 0 Å². The van der Waals surface area contributed by atoms with Crippen LogP contribution in [0.25, 0.3) is 0 Å². The minimum absolute atomic E-state index is 0.332. The first-order valence-corrected chi connectivity index (χ1v) is 6.49. The number of halogens is 2. The third-order valence-electron chi connectivity index (χ3n) is 2.73. The van der Waals surface area contributed by atoms with Gasteiger partial charge in [0.25, 0.3) is 0 Å². The van der Waals surface area contributed by atoms with Gasteiger partial charge in [-0.2, -0.15) is 9.97 Å². The molecule has 0 bridgehead atoms. The summed E-state index contributed by atoms with van der Waals surface area (Å²) in [5.41, 5.74) is 7.03. The minimum Gasteiger partial charge on any atom is -0.481 e. The number of ether oxygens (including phenoxy) is 2. The number of nitrogens with two attached hydrogens (primary N) is 1. The van der Waals surface area contributed by atoms with Gasteiger partial charge in [0.1, 0.15) is 5.82 Å². The van der Waals surface area contributed by atoms with Crippen LogP contribution in [0.1, 0.15) is 11.4 Å². The maximum absolute atomic E-state index is 6.14. The number of nitrogen functional groups attached to an aromatic ring is 1. The van der Waals surface area contributed by atoms with E-state index in [1.54, 1.807) is 18.2 Å². The first kappa shape index (κ1) is 14.7. The van der Waals surface area contributed by atoms with Crippen LogP contribution in [-0.4, -0.2) is 24.2 Å². The zero-order chi connectivity index (χ0) is 14.7. The van der Waals surface area contributed by atoms with Crippen molar-refractivity contribution in [3.05, 3.63) is 39.6 Å². The molecule has 0 fully saturated rings. The summed E-state index contributed by atoms with van der Waals surface area (Å²) in [4.78, 5) is 8.47. The molecule has 0 aliphatic rings. The average molecular weight is 314 g/mol. The van der Waals surface area contributed by atoms with Crippen molar-refractivity contribution in [2.45, 2.75) is 6.42 Å². The van der Waals surface area contributed by atoms with E-state index in [2.05, 4.69) is 9.97 Å². The van der Waals surface area contributed by atoms with Crippen LogP contribution in [0.2, 0.25) is 10.0 Å². The summed E-state index contributed by atoms with van der Waals surface area (Å²) >= 11 is 12.1. The van der Waals surface area contributed by atoms with E-state index in [4.69, 9.17) is 38.4 Å². The van der Waals surface area contributed by atoms with Gasteiger partial charge in [0.15, 0.2) is 0 Å². The molecule has 0 radical (unpaired) electrons. The van der Waals surface area contributed by atoms with Gasteiger partial charge >= 0.3 is 0 Å². The van der Waals surface area contributed by atoms with Crippen molar-refractivity contribution in [3.8, 4) is 11.8 Å². The standard InChI is InChI=1S/C13H13Cl2N3O2/c1-19-11-6-12(20-2)18-10(17-11)5-7-8(14)3-4-9(15)13(7)16/h3-4,6H,5,16H2,1-2H3. The fourth-order valence-corrected chi connectivity index (χ4v) is 2.09. The summed E-state index contributed by atoms with van der Waals surface area (Å²) in [5.74, 6) is 1.30. The molecule has 20 heavy (non-hydrogen) atoms. The highest BCUT2D eigenvalue weighted by Crippen LogP contribution is 2.31. The molecule has 0 amide bonds. The van der Waals surface area contributed by atoms with Gasteiger partial charge in [-0.05, 0) is 12.1 Å². The Bertz CT molecular complexity index is 613. The molecule has 0 unspecified atom stereocenters. The van der Waals surface area contributed by atoms with E-state index in [1.165, 1.54) is 14.2 Å². The fourth-order valence-electron chi connectivity index (χ4n) is 1.69. The van der Waals surface area contributed by atoms with Crippen molar-refractivity contribution < 1.29 is 9.47 Å². The maximum atomic E-state index is 6.14. The van der Waals surface area contributed by atoms with Gasteiger partial charge in [-0.3, -0.25) is 0 Å². The molecule has 2 rings (SSSR count). The molecule has 2 aromatic rings. The van der Waals surface area contributed by atoms with Gasteiger partial charge in [-0.15, -0.1) is 0 Å². The van der Waals surface area contributed by atoms with Gasteiger partial charge in [0.05, 0.1) is 31.0 Å². The Morgan fingerprint density at radius 2 is 1.60 bits per heavy atom. The van der Waals surface area contributed by atoms with Crippen LogP contribution in [0, 0.1) is 0 Å². The second kappa shape index (κ2) is 6.15. The molecule has 0 aliphatic carbocycles. The second-order valence-corrected chi connectivity index (χ2v) is 4.78. The van der Waals surface area contributed by atoms with Crippen LogP contribution in [0.5, 0.6) is 11.8 Å². The number of aromatic nitrogens is 2. The van der Waals surface area contributed by atoms with Crippen LogP contribution in [0.3, 0.4) is 0 Å². The Balaban J connectivity index is 2.42. The smallest absolute Gasteiger partial charge is 0.220 e. The van der Waals surface area contributed by atoms with Crippen molar-refractivity contribution in [1.29, 1.82) is 0 Å². The molecular formula is C13H13Cl2N3O2. The summed E-state index contributed by atoms with van der Waals surface area (Å²) < 4.78 is 10.2. The summed E-state index contributed by atoms with van der Waals surface area (Å²) in [5, 5.41) is 0.955. The Morgan fingerprint density at radius 1 is 1.05 bits per heavy atom. The van der Waals surface area contributed by atoms with Gasteiger partial charge in [0, 0.05) is 17.0 Å². The molecule has 1 aromatic heterocycles. The first-order valence-electron chi connectivity index (χ1n) is 5.73. The molecule has 0 atom stereocenters. The van der Waals surface area contributed by atoms with E-state index in [9.17, 15) is 0 Å². The summed E-state index contributed by atoms with van der Waals surface area (Å²) in [6.45, 7) is 0. The van der Waals surface area contributed by atoms with Gasteiger partial charge in [-0.1, -0.05) is 23.2 Å². The van der Waals surface area contributed by atoms with Crippen LogP contribution >= 0.6 is 23.2 Å². The molecule has 2 N–H and O–H groups in total. The molecule has 7 heteroatoms. The Hall–Kier alpha value is -1.72. The quantitative estimate of drug-likeness (QED) is 0.879. The lowest BCUT2D eigenvalue weighted by atomic mass is 10.1. The lowest BCUT2D eigenvalue weighted by molar-refractivity contribution is 0.369. The van der Waals surface area contributed by atoms with Crippen molar-refractivity contribution in [2.24, 2.45) is 0 Å². The van der Waals surface area contributed by atoms with E-state index in [0.717, 1.165) is 0 Å². The molecule has 106 valence electrons. The molecule has 1 aromatic carbocycles. The number of rotatable bonds is 4. The Kier molecular flexibility index (Phi) is 4.52. The van der Waals surface area contributed by atoms with Crippen LogP contribution in [-0.2, 0) is 6.42 Å². The van der Waals surface area contributed by atoms with Crippen molar-refractivity contribution in [1.82, 2.24) is 9.97 Å². The normalized spacial score (nSPS) is 10.4. The second-order valence-electron chi connectivity index (χ2n) is 3.97. The maximum Gasteiger partial charge on any atom is 0.220 e. The lowest BCUT2D eigenvalue weighted by Crippen LogP contribution is -2.04. The SMILES string of the molecule is COc1cc(OC)nc(Cc2c(Cl)ccc(Cl)c2N)n1. The zero-order valence-corrected chi connectivity index (χ0v) is 12.5. The first-order chi connectivity index (χ1) is 9.55. The average Bonchev–Trinajstić information content (AvgIpc) is 2.47. The number of hydrogen-bond acceptors (Lipinski definition) is 5. The predicted octanol–water partition coefficient (Wildman–Crippen LogP) is 2.97. The molecular weight excluding hydrogens is 301 g/mol. The molecule has 1 heterocycles. The molecule has 0 aliphatic heterocycles. The minimum atomic E-state index is 0.332.